The van der Waals surface area contributed by atoms with Crippen molar-refractivity contribution in [2.45, 2.75) is 69.5 Å². The second kappa shape index (κ2) is 8.73. The van der Waals surface area contributed by atoms with Crippen LogP contribution in [0.4, 0.5) is 0 Å². The van der Waals surface area contributed by atoms with Gasteiger partial charge in [0.1, 0.15) is 12.1 Å². The van der Waals surface area contributed by atoms with E-state index in [9.17, 15) is 24.6 Å². The van der Waals surface area contributed by atoms with Crippen LogP contribution < -0.4 is 5.32 Å². The number of carboxylic acids is 2. The molecule has 0 unspecified atom stereocenters. The molecule has 1 aromatic rings. The van der Waals surface area contributed by atoms with Gasteiger partial charge in [0.25, 0.3) is 0 Å². The lowest BCUT2D eigenvalue weighted by atomic mass is 10.0. The number of carbonyl (C=O) groups is 3. The zero-order valence-electron chi connectivity index (χ0n) is 18.6. The predicted octanol–water partition coefficient (Wildman–Crippen LogP) is 1.90. The topological polar surface area (TPSA) is 107 Å². The molecule has 0 aromatic heterocycles. The number of aliphatic carboxylic acids is 2. The number of benzene rings is 1. The summed E-state index contributed by atoms with van der Waals surface area (Å²) in [4.78, 5) is 38.1. The van der Waals surface area contributed by atoms with Crippen molar-refractivity contribution in [1.29, 1.82) is 0 Å². The maximum Gasteiger partial charge on any atom is 0.326 e. The third-order valence-electron chi connectivity index (χ3n) is 5.85. The number of nitrogens with one attached hydrogen (secondary N) is 1. The molecule has 0 bridgehead atoms. The Hall–Kier alpha value is -2.41. The van der Waals surface area contributed by atoms with Crippen molar-refractivity contribution < 1.29 is 28.7 Å². The predicted molar refractivity (Wildman–Crippen MR) is 103 cm³/mol. The fourth-order valence-electron chi connectivity index (χ4n) is 4.48. The lowest BCUT2D eigenvalue weighted by molar-refractivity contribution is -0.151. The molecule has 1 saturated heterocycles. The van der Waals surface area contributed by atoms with Crippen molar-refractivity contribution in [2.24, 2.45) is 5.92 Å². The summed E-state index contributed by atoms with van der Waals surface area (Å²) in [5.41, 5.74) is 0.895. The molecule has 1 aliphatic carbocycles. The minimum absolute atomic E-state index is 0.0376. The van der Waals surface area contributed by atoms with Gasteiger partial charge < -0.3 is 15.1 Å². The van der Waals surface area contributed by atoms with E-state index >= 15 is 0 Å². The van der Waals surface area contributed by atoms with E-state index in [2.05, 4.69) is 5.32 Å². The first-order valence-corrected chi connectivity index (χ1v) is 9.67. The molecule has 3 rings (SSSR count). The van der Waals surface area contributed by atoms with Gasteiger partial charge in [-0.15, -0.1) is 0 Å². The molecule has 0 spiro atoms. The first kappa shape index (κ1) is 16.5. The minimum Gasteiger partial charge on any atom is -0.480 e. The molecule has 1 saturated carbocycles. The zero-order valence-corrected chi connectivity index (χ0v) is 15.6. The van der Waals surface area contributed by atoms with E-state index in [0.717, 1.165) is 18.4 Å². The van der Waals surface area contributed by atoms with Gasteiger partial charge in [0.2, 0.25) is 5.91 Å². The Morgan fingerprint density at radius 3 is 2.64 bits per heavy atom. The highest BCUT2D eigenvalue weighted by Crippen LogP contribution is 2.41. The molecular formula is C21H28N2O5. The summed E-state index contributed by atoms with van der Waals surface area (Å²) in [6, 6.07) is 4.72. The lowest BCUT2D eigenvalue weighted by Crippen LogP contribution is -2.55. The molecule has 2 aliphatic rings. The highest BCUT2D eigenvalue weighted by atomic mass is 16.4. The summed E-state index contributed by atoms with van der Waals surface area (Å²) in [5.74, 6) is -3.23. The van der Waals surface area contributed by atoms with E-state index < -0.39 is 42.8 Å². The number of hydrogen-bond acceptors (Lipinski definition) is 4. The Kier molecular flexibility index (Phi) is 5.16. The summed E-state index contributed by atoms with van der Waals surface area (Å²) in [7, 11) is 0. The van der Waals surface area contributed by atoms with Crippen molar-refractivity contribution in [1.82, 2.24) is 10.2 Å². The largest absolute Gasteiger partial charge is 0.480 e. The van der Waals surface area contributed by atoms with Crippen LogP contribution in [0, 0.1) is 5.92 Å². The third-order valence-corrected chi connectivity index (χ3v) is 5.85. The van der Waals surface area contributed by atoms with Gasteiger partial charge in [0, 0.05) is 10.2 Å². The number of aryl methyl sites for hydroxylation is 1. The van der Waals surface area contributed by atoms with E-state index in [0.29, 0.717) is 19.3 Å². The van der Waals surface area contributed by atoms with Crippen LogP contribution in [0.1, 0.15) is 48.6 Å². The fraction of sp³-hybridized carbons (Fsp3) is 0.571. The summed E-state index contributed by atoms with van der Waals surface area (Å²) in [6.45, 7) is -2.82. The first-order valence-electron chi connectivity index (χ1n) is 11.2. The number of likely N-dealkylation sites (tertiary alicyclic amines) is 1. The summed E-state index contributed by atoms with van der Waals surface area (Å²) < 4.78 is 23.6. The normalized spacial score (nSPS) is 27.9. The van der Waals surface area contributed by atoms with Crippen molar-refractivity contribution in [2.75, 3.05) is 0 Å². The quantitative estimate of drug-likeness (QED) is 0.625. The fourth-order valence-corrected chi connectivity index (χ4v) is 4.48. The first-order chi connectivity index (χ1) is 14.6. The smallest absolute Gasteiger partial charge is 0.326 e. The SMILES string of the molecule is [2H]C([2H])([2H])[C@@H](N[C@@H](CCc1ccccc1)C(=O)O)C(=O)N1[C@H](C(=O)O)C[C@@H]2CCC[C@@H]21. The maximum atomic E-state index is 13.3. The Labute approximate surface area is 168 Å². The van der Waals surface area contributed by atoms with Crippen molar-refractivity contribution in [3.05, 3.63) is 35.9 Å². The highest BCUT2D eigenvalue weighted by molar-refractivity contribution is 5.88. The van der Waals surface area contributed by atoms with E-state index in [4.69, 9.17) is 4.11 Å². The number of fused-ring (bicyclic) bond motifs is 1. The van der Waals surface area contributed by atoms with Crippen LogP contribution in [0.25, 0.3) is 0 Å². The highest BCUT2D eigenvalue weighted by Gasteiger charge is 2.49. The average molecular weight is 391 g/mol. The number of carboxylic acid groups (broad SMARTS) is 2. The average Bonchev–Trinajstić information content (AvgIpc) is 3.28. The van der Waals surface area contributed by atoms with Gasteiger partial charge >= 0.3 is 11.9 Å². The van der Waals surface area contributed by atoms with Crippen molar-refractivity contribution >= 4 is 17.8 Å². The van der Waals surface area contributed by atoms with Gasteiger partial charge in [0.15, 0.2) is 0 Å². The third kappa shape index (κ3) is 4.35. The van der Waals surface area contributed by atoms with Crippen LogP contribution in [-0.4, -0.2) is 57.1 Å². The van der Waals surface area contributed by atoms with Crippen LogP contribution in [0.15, 0.2) is 30.3 Å². The molecule has 2 fully saturated rings. The van der Waals surface area contributed by atoms with Crippen LogP contribution in [0.5, 0.6) is 0 Å². The molecule has 152 valence electrons. The second-order valence-electron chi connectivity index (χ2n) is 7.61. The van der Waals surface area contributed by atoms with Crippen LogP contribution in [0.3, 0.4) is 0 Å². The molecule has 1 aromatic carbocycles. The van der Waals surface area contributed by atoms with Crippen LogP contribution >= 0.6 is 0 Å². The second-order valence-corrected chi connectivity index (χ2v) is 7.61. The van der Waals surface area contributed by atoms with E-state index in [-0.39, 0.29) is 18.4 Å². The Bertz CT molecular complexity index is 817. The minimum atomic E-state index is -2.82. The Morgan fingerprint density at radius 2 is 2.00 bits per heavy atom. The van der Waals surface area contributed by atoms with Gasteiger partial charge in [0.05, 0.1) is 6.04 Å². The number of carbonyl (C=O) groups excluding carboxylic acids is 1. The standard InChI is InChI=1S/C21H28N2O5/c1-13(22-16(20(25)26)11-10-14-6-3-2-4-7-14)19(24)23-17-9-5-8-15(17)12-18(23)21(27)28/h2-4,6-7,13,15-18,22H,5,8-12H2,1H3,(H,25,26)(H,27,28)/t13-,15+,16+,17+,18+/m1/s1/i1D3. The van der Waals surface area contributed by atoms with Gasteiger partial charge in [-0.05, 0) is 50.4 Å². The van der Waals surface area contributed by atoms with E-state index in [1.54, 1.807) is 0 Å². The Balaban J connectivity index is 1.80. The molecule has 0 radical (unpaired) electrons. The molecule has 1 aliphatic heterocycles. The monoisotopic (exact) mass is 391 g/mol. The van der Waals surface area contributed by atoms with Gasteiger partial charge in [-0.25, -0.2) is 4.79 Å². The molecule has 5 atom stereocenters. The number of hydrogen-bond donors (Lipinski definition) is 3. The molecule has 7 heteroatoms. The molecule has 28 heavy (non-hydrogen) atoms. The van der Waals surface area contributed by atoms with E-state index in [1.807, 2.05) is 30.3 Å². The lowest BCUT2D eigenvalue weighted by Gasteiger charge is -2.31. The van der Waals surface area contributed by atoms with Crippen LogP contribution in [-0.2, 0) is 20.8 Å². The maximum absolute atomic E-state index is 13.3. The summed E-state index contributed by atoms with van der Waals surface area (Å²) >= 11 is 0. The molecular weight excluding hydrogens is 360 g/mol. The van der Waals surface area contributed by atoms with E-state index in [1.165, 1.54) is 4.90 Å². The molecule has 1 amide bonds. The number of nitrogens with zero attached hydrogens (tertiary/aromatic N) is 1. The van der Waals surface area contributed by atoms with Gasteiger partial charge in [-0.3, -0.25) is 14.9 Å². The molecule has 3 N–H and O–H groups in total. The molecule has 1 heterocycles. The van der Waals surface area contributed by atoms with Gasteiger partial charge in [-0.2, -0.15) is 0 Å². The number of amides is 1. The van der Waals surface area contributed by atoms with Crippen LogP contribution in [0.2, 0.25) is 0 Å². The van der Waals surface area contributed by atoms with Gasteiger partial charge in [-0.1, -0.05) is 36.8 Å². The van der Waals surface area contributed by atoms with Crippen molar-refractivity contribution in [3.8, 4) is 0 Å². The summed E-state index contributed by atoms with van der Waals surface area (Å²) in [6.07, 6.45) is 3.07. The Morgan fingerprint density at radius 1 is 1.25 bits per heavy atom. The summed E-state index contributed by atoms with van der Waals surface area (Å²) in [5, 5.41) is 21.8. The zero-order chi connectivity index (χ0) is 22.8. The number of rotatable bonds is 8. The molecule has 7 nitrogen and oxygen atoms in total. The van der Waals surface area contributed by atoms with Crippen molar-refractivity contribution in [3.63, 3.8) is 0 Å².